The monoisotopic (exact) mass is 511 g/mol. The smallest absolute Gasteiger partial charge is 0.493 e. The number of methoxy groups -OCH3 is 2. The van der Waals surface area contributed by atoms with Crippen LogP contribution in [0.15, 0.2) is 42.5 Å². The van der Waals surface area contributed by atoms with Gasteiger partial charge in [0.2, 0.25) is 5.91 Å². The number of hydrogen-bond acceptors (Lipinski definition) is 6. The topological polar surface area (TPSA) is 117 Å². The Hall–Kier alpha value is -3.95. The van der Waals surface area contributed by atoms with Crippen molar-refractivity contribution in [2.24, 2.45) is 5.92 Å². The second-order valence-electron chi connectivity index (χ2n) is 8.75. The molecule has 1 unspecified atom stereocenters. The van der Waals surface area contributed by atoms with Gasteiger partial charge in [-0.25, -0.2) is 4.79 Å². The number of nitrogens with one attached hydrogen (secondary N) is 2. The first-order valence-corrected chi connectivity index (χ1v) is 12.5. The largest absolute Gasteiger partial charge is 0.501 e. The number of ether oxygens (including phenoxy) is 2. The van der Waals surface area contributed by atoms with E-state index in [-0.39, 0.29) is 31.3 Å². The summed E-state index contributed by atoms with van der Waals surface area (Å²) in [4.78, 5) is 52.2. The van der Waals surface area contributed by atoms with Gasteiger partial charge >= 0.3 is 11.9 Å². The predicted molar refractivity (Wildman–Crippen MR) is 138 cm³/mol. The summed E-state index contributed by atoms with van der Waals surface area (Å²) in [5.41, 5.74) is 1.41. The highest BCUT2D eigenvalue weighted by atomic mass is 16.5. The van der Waals surface area contributed by atoms with Gasteiger partial charge in [-0.3, -0.25) is 9.59 Å². The van der Waals surface area contributed by atoms with Crippen molar-refractivity contribution in [2.45, 2.75) is 32.6 Å². The predicted octanol–water partition coefficient (Wildman–Crippen LogP) is 1.83. The lowest BCUT2D eigenvalue weighted by Crippen LogP contribution is -2.56. The second-order valence-corrected chi connectivity index (χ2v) is 8.75. The first-order chi connectivity index (χ1) is 17.9. The molecule has 2 aliphatic rings. The molecule has 0 bridgehead atoms. The van der Waals surface area contributed by atoms with Gasteiger partial charge in [0.1, 0.15) is 18.2 Å². The minimum atomic E-state index is -0.676. The zero-order valence-corrected chi connectivity index (χ0v) is 21.6. The SMILES string of the molecule is CCCCNC(=O)CCN1C(=O)C2C=CC=CC2=[N+](CC(=O)NCCc2ccc(OC)c(OC)c2)C1=O. The average Bonchev–Trinajstić information content (AvgIpc) is 2.91. The molecular formula is C27H35N4O6+. The van der Waals surface area contributed by atoms with E-state index in [1.807, 2.05) is 19.1 Å². The molecule has 0 saturated heterocycles. The van der Waals surface area contributed by atoms with Crippen LogP contribution in [0.1, 0.15) is 31.7 Å². The number of carbonyl (C=O) groups excluding carboxylic acids is 4. The van der Waals surface area contributed by atoms with Crippen LogP contribution in [0.4, 0.5) is 4.79 Å². The summed E-state index contributed by atoms with van der Waals surface area (Å²) in [5.74, 6) is -0.416. The van der Waals surface area contributed by atoms with E-state index in [1.54, 1.807) is 44.6 Å². The number of allylic oxidation sites excluding steroid dienone is 3. The van der Waals surface area contributed by atoms with Gasteiger partial charge in [-0.2, -0.15) is 14.3 Å². The van der Waals surface area contributed by atoms with Crippen LogP contribution in [0.3, 0.4) is 0 Å². The van der Waals surface area contributed by atoms with E-state index < -0.39 is 17.9 Å². The van der Waals surface area contributed by atoms with Crippen molar-refractivity contribution in [3.8, 4) is 11.5 Å². The van der Waals surface area contributed by atoms with Crippen LogP contribution >= 0.6 is 0 Å². The summed E-state index contributed by atoms with van der Waals surface area (Å²) in [5, 5.41) is 5.63. The van der Waals surface area contributed by atoms with E-state index in [9.17, 15) is 19.2 Å². The third kappa shape index (κ3) is 7.05. The fourth-order valence-electron chi connectivity index (χ4n) is 4.17. The number of nitrogens with zero attached hydrogens (tertiary/aromatic N) is 2. The van der Waals surface area contributed by atoms with E-state index >= 15 is 0 Å². The summed E-state index contributed by atoms with van der Waals surface area (Å²) >= 11 is 0. The number of carbonyl (C=O) groups is 4. The van der Waals surface area contributed by atoms with Crippen LogP contribution < -0.4 is 20.1 Å². The lowest BCUT2D eigenvalue weighted by Gasteiger charge is -2.26. The Bertz CT molecular complexity index is 1120. The number of hydrogen-bond donors (Lipinski definition) is 2. The molecule has 1 aromatic carbocycles. The van der Waals surface area contributed by atoms with Crippen molar-refractivity contribution in [2.75, 3.05) is 40.4 Å². The first kappa shape index (κ1) is 27.6. The molecule has 1 aliphatic carbocycles. The lowest BCUT2D eigenvalue weighted by molar-refractivity contribution is -0.428. The third-order valence-electron chi connectivity index (χ3n) is 6.21. The molecule has 37 heavy (non-hydrogen) atoms. The van der Waals surface area contributed by atoms with Crippen LogP contribution in [-0.4, -0.2) is 79.3 Å². The van der Waals surface area contributed by atoms with Crippen LogP contribution in [0.25, 0.3) is 0 Å². The molecular weight excluding hydrogens is 476 g/mol. The van der Waals surface area contributed by atoms with Gasteiger partial charge in [0, 0.05) is 13.1 Å². The minimum absolute atomic E-state index is 0.00810. The maximum absolute atomic E-state index is 13.2. The molecule has 3 rings (SSSR count). The fourth-order valence-corrected chi connectivity index (χ4v) is 4.17. The van der Waals surface area contributed by atoms with Crippen LogP contribution in [0.2, 0.25) is 0 Å². The highest BCUT2D eigenvalue weighted by molar-refractivity contribution is 6.16. The zero-order chi connectivity index (χ0) is 26.8. The lowest BCUT2D eigenvalue weighted by atomic mass is 9.94. The van der Waals surface area contributed by atoms with Crippen LogP contribution in [-0.2, 0) is 20.8 Å². The molecule has 0 fully saturated rings. The Kier molecular flexibility index (Phi) is 10.00. The summed E-state index contributed by atoms with van der Waals surface area (Å²) in [6, 6.07) is 4.94. The average molecular weight is 512 g/mol. The molecule has 0 radical (unpaired) electrons. The molecule has 2 N–H and O–H groups in total. The van der Waals surface area contributed by atoms with Gasteiger partial charge < -0.3 is 20.1 Å². The quantitative estimate of drug-likeness (QED) is 0.308. The van der Waals surface area contributed by atoms with Gasteiger partial charge in [0.25, 0.3) is 5.91 Å². The van der Waals surface area contributed by atoms with Gasteiger partial charge in [0.05, 0.1) is 20.6 Å². The van der Waals surface area contributed by atoms with E-state index in [0.29, 0.717) is 36.7 Å². The molecule has 1 aromatic rings. The minimum Gasteiger partial charge on any atom is -0.493 e. The Morgan fingerprint density at radius 2 is 1.78 bits per heavy atom. The van der Waals surface area contributed by atoms with E-state index in [2.05, 4.69) is 10.6 Å². The van der Waals surface area contributed by atoms with Gasteiger partial charge in [-0.1, -0.05) is 37.6 Å². The number of fused-ring (bicyclic) bond motifs is 1. The molecule has 0 spiro atoms. The molecule has 10 heteroatoms. The van der Waals surface area contributed by atoms with Crippen molar-refractivity contribution < 1.29 is 33.2 Å². The maximum Gasteiger partial charge on any atom is 0.501 e. The van der Waals surface area contributed by atoms with E-state index in [1.165, 1.54) is 4.58 Å². The van der Waals surface area contributed by atoms with Crippen LogP contribution in [0.5, 0.6) is 11.5 Å². The Balaban J connectivity index is 1.63. The molecule has 0 aromatic heterocycles. The summed E-state index contributed by atoms with van der Waals surface area (Å²) in [6.07, 6.45) is 9.21. The molecule has 1 heterocycles. The highest BCUT2D eigenvalue weighted by Gasteiger charge is 2.47. The van der Waals surface area contributed by atoms with Crippen molar-refractivity contribution in [3.63, 3.8) is 0 Å². The Labute approximate surface area is 217 Å². The summed E-state index contributed by atoms with van der Waals surface area (Å²) < 4.78 is 11.9. The number of urea groups is 1. The molecule has 1 atom stereocenters. The van der Waals surface area contributed by atoms with E-state index in [4.69, 9.17) is 9.47 Å². The Morgan fingerprint density at radius 1 is 1.03 bits per heavy atom. The maximum atomic E-state index is 13.2. The van der Waals surface area contributed by atoms with Gasteiger partial charge in [0.15, 0.2) is 18.0 Å². The van der Waals surface area contributed by atoms with Gasteiger partial charge in [-0.05, 0) is 36.6 Å². The number of benzene rings is 1. The van der Waals surface area contributed by atoms with Gasteiger partial charge in [-0.15, -0.1) is 0 Å². The van der Waals surface area contributed by atoms with Crippen molar-refractivity contribution in [1.82, 2.24) is 15.5 Å². The van der Waals surface area contributed by atoms with Crippen LogP contribution in [0, 0.1) is 5.92 Å². The third-order valence-corrected chi connectivity index (χ3v) is 6.21. The summed E-state index contributed by atoms with van der Waals surface area (Å²) in [6.45, 7) is 2.65. The number of unbranched alkanes of at least 4 members (excludes halogenated alkanes) is 1. The number of amides is 5. The highest BCUT2D eigenvalue weighted by Crippen LogP contribution is 2.27. The molecule has 10 nitrogen and oxygen atoms in total. The molecule has 198 valence electrons. The second kappa shape index (κ2) is 13.4. The standard InChI is InChI=1S/C27H34N4O6/c1-4-5-14-28-24(32)13-16-30-26(34)20-8-6-7-9-21(20)31(27(30)35)18-25(33)29-15-12-19-10-11-22(36-2)23(17-19)37-3/h6-11,17,20H,4-5,12-16,18H2,1-3H3,(H-,28,29,32,33)/p+1. The molecule has 1 aliphatic heterocycles. The molecule has 0 saturated carbocycles. The van der Waals surface area contributed by atoms with Crippen molar-refractivity contribution in [1.29, 1.82) is 0 Å². The fraction of sp³-hybridized carbons (Fsp3) is 0.444. The summed E-state index contributed by atoms with van der Waals surface area (Å²) in [7, 11) is 3.13. The zero-order valence-electron chi connectivity index (χ0n) is 21.6. The van der Waals surface area contributed by atoms with Crippen molar-refractivity contribution >= 4 is 29.5 Å². The number of imide groups is 1. The van der Waals surface area contributed by atoms with E-state index in [0.717, 1.165) is 23.3 Å². The normalized spacial score (nSPS) is 16.5. The Morgan fingerprint density at radius 3 is 2.51 bits per heavy atom. The van der Waals surface area contributed by atoms with Crippen molar-refractivity contribution in [3.05, 3.63) is 48.1 Å². The molecule has 5 amide bonds. The first-order valence-electron chi connectivity index (χ1n) is 12.5. The number of rotatable bonds is 13.